The minimum Gasteiger partial charge on any atom is -0.371 e. The van der Waals surface area contributed by atoms with Gasteiger partial charge < -0.3 is 10.2 Å². The number of non-ortho nitro benzene ring substituents is 1. The largest absolute Gasteiger partial charge is 0.371 e. The minimum absolute atomic E-state index is 0.106. The Labute approximate surface area is 170 Å². The van der Waals surface area contributed by atoms with Crippen LogP contribution in [0.4, 0.5) is 17.2 Å². The normalized spacial score (nSPS) is 14.9. The van der Waals surface area contributed by atoms with E-state index in [9.17, 15) is 14.9 Å². The van der Waals surface area contributed by atoms with Gasteiger partial charge in [-0.3, -0.25) is 14.9 Å². The fourth-order valence-corrected chi connectivity index (χ4v) is 3.44. The maximum atomic E-state index is 13.1. The van der Waals surface area contributed by atoms with E-state index in [2.05, 4.69) is 27.1 Å². The van der Waals surface area contributed by atoms with Crippen molar-refractivity contribution in [3.8, 4) is 0 Å². The molecule has 8 heteroatoms. The number of nitro groups is 1. The van der Waals surface area contributed by atoms with Crippen LogP contribution in [-0.4, -0.2) is 33.9 Å². The Morgan fingerprint density at radius 1 is 1.24 bits per heavy atom. The summed E-state index contributed by atoms with van der Waals surface area (Å²) in [4.78, 5) is 34.8. The summed E-state index contributed by atoms with van der Waals surface area (Å²) in [5.41, 5.74) is 1.65. The van der Waals surface area contributed by atoms with Gasteiger partial charge in [0.1, 0.15) is 11.6 Å². The summed E-state index contributed by atoms with van der Waals surface area (Å²) in [5, 5.41) is 14.1. The molecular formula is C21H27N5O3. The van der Waals surface area contributed by atoms with E-state index in [1.165, 1.54) is 12.1 Å². The van der Waals surface area contributed by atoms with Gasteiger partial charge in [-0.15, -0.1) is 0 Å². The number of rotatable bonds is 5. The lowest BCUT2D eigenvalue weighted by molar-refractivity contribution is -0.384. The molecule has 1 saturated heterocycles. The predicted molar refractivity (Wildman–Crippen MR) is 113 cm³/mol. The lowest BCUT2D eigenvalue weighted by Gasteiger charge is -2.33. The summed E-state index contributed by atoms with van der Waals surface area (Å²) in [6, 6.07) is 6.17. The summed E-state index contributed by atoms with van der Waals surface area (Å²) in [5.74, 6) is 1.39. The summed E-state index contributed by atoms with van der Waals surface area (Å²) < 4.78 is 0. The predicted octanol–water partition coefficient (Wildman–Crippen LogP) is 4.31. The SMILES string of the molecule is Cc1cc(NC(=O)c2cc([N+](=O)[O-])ccc2N2CCC(C)CC2)nc(C(C)C)n1. The zero-order chi connectivity index (χ0) is 21.1. The number of carbonyl (C=O) groups is 1. The number of carbonyl (C=O) groups excluding carboxylic acids is 1. The molecular weight excluding hydrogens is 370 g/mol. The second-order valence-corrected chi connectivity index (χ2v) is 7.99. The number of anilines is 2. The van der Waals surface area contributed by atoms with Crippen molar-refractivity contribution in [3.63, 3.8) is 0 Å². The molecule has 0 saturated carbocycles. The van der Waals surface area contributed by atoms with Crippen molar-refractivity contribution in [2.24, 2.45) is 5.92 Å². The van der Waals surface area contributed by atoms with E-state index in [4.69, 9.17) is 0 Å². The number of hydrogen-bond acceptors (Lipinski definition) is 6. The highest BCUT2D eigenvalue weighted by molar-refractivity contribution is 6.08. The van der Waals surface area contributed by atoms with E-state index in [0.717, 1.165) is 37.3 Å². The number of aryl methyl sites for hydroxylation is 1. The number of nitrogens with one attached hydrogen (secondary N) is 1. The standard InChI is InChI=1S/C21H27N5O3/c1-13(2)20-22-15(4)11-19(23-20)24-21(27)17-12-16(26(28)29)5-6-18(17)25-9-7-14(3)8-10-25/h5-6,11-14H,7-10H2,1-4H3,(H,22,23,24,27). The van der Waals surface area contributed by atoms with Gasteiger partial charge in [0.05, 0.1) is 16.2 Å². The number of nitrogens with zero attached hydrogens (tertiary/aromatic N) is 4. The van der Waals surface area contributed by atoms with Gasteiger partial charge in [-0.2, -0.15) is 0 Å². The first-order valence-corrected chi connectivity index (χ1v) is 9.95. The number of piperidine rings is 1. The van der Waals surface area contributed by atoms with Crippen molar-refractivity contribution in [2.45, 2.75) is 46.5 Å². The highest BCUT2D eigenvalue weighted by atomic mass is 16.6. The molecule has 1 fully saturated rings. The van der Waals surface area contributed by atoms with Crippen LogP contribution in [0.25, 0.3) is 0 Å². The molecule has 1 amide bonds. The van der Waals surface area contributed by atoms with Crippen LogP contribution < -0.4 is 10.2 Å². The third kappa shape index (κ3) is 4.88. The lowest BCUT2D eigenvalue weighted by Crippen LogP contribution is -2.34. The highest BCUT2D eigenvalue weighted by Crippen LogP contribution is 2.30. The summed E-state index contributed by atoms with van der Waals surface area (Å²) in [6.45, 7) is 9.67. The van der Waals surface area contributed by atoms with Gasteiger partial charge in [-0.05, 0) is 31.7 Å². The zero-order valence-corrected chi connectivity index (χ0v) is 17.3. The molecule has 0 spiro atoms. The minimum atomic E-state index is -0.482. The van der Waals surface area contributed by atoms with Crippen LogP contribution in [0.1, 0.15) is 61.4 Å². The molecule has 154 valence electrons. The van der Waals surface area contributed by atoms with Gasteiger partial charge in [0, 0.05) is 42.9 Å². The molecule has 8 nitrogen and oxygen atoms in total. The molecule has 2 heterocycles. The van der Waals surface area contributed by atoms with E-state index >= 15 is 0 Å². The van der Waals surface area contributed by atoms with Gasteiger partial charge in [-0.1, -0.05) is 20.8 Å². The number of amides is 1. The van der Waals surface area contributed by atoms with Crippen LogP contribution >= 0.6 is 0 Å². The molecule has 0 radical (unpaired) electrons. The lowest BCUT2D eigenvalue weighted by atomic mass is 9.98. The first-order chi connectivity index (χ1) is 13.7. The molecule has 1 aliphatic heterocycles. The second kappa shape index (κ2) is 8.55. The summed E-state index contributed by atoms with van der Waals surface area (Å²) in [6.07, 6.45) is 2.06. The van der Waals surface area contributed by atoms with Crippen LogP contribution in [0, 0.1) is 23.0 Å². The zero-order valence-electron chi connectivity index (χ0n) is 17.3. The Morgan fingerprint density at radius 3 is 2.55 bits per heavy atom. The first kappa shape index (κ1) is 20.7. The average molecular weight is 397 g/mol. The topological polar surface area (TPSA) is 101 Å². The fraction of sp³-hybridized carbons (Fsp3) is 0.476. The summed E-state index contributed by atoms with van der Waals surface area (Å²) in [7, 11) is 0. The molecule has 0 aliphatic carbocycles. The first-order valence-electron chi connectivity index (χ1n) is 9.95. The Kier molecular flexibility index (Phi) is 6.10. The maximum absolute atomic E-state index is 13.1. The number of aromatic nitrogens is 2. The average Bonchev–Trinajstić information content (AvgIpc) is 2.67. The molecule has 0 unspecified atom stereocenters. The maximum Gasteiger partial charge on any atom is 0.270 e. The van der Waals surface area contributed by atoms with E-state index in [1.807, 2.05) is 20.8 Å². The summed E-state index contributed by atoms with van der Waals surface area (Å²) >= 11 is 0. The number of nitro benzene ring substituents is 1. The van der Waals surface area contributed by atoms with Crippen molar-refractivity contribution in [1.82, 2.24) is 9.97 Å². The molecule has 29 heavy (non-hydrogen) atoms. The van der Waals surface area contributed by atoms with Gasteiger partial charge in [0.2, 0.25) is 0 Å². The Bertz CT molecular complexity index is 921. The van der Waals surface area contributed by atoms with Crippen molar-refractivity contribution in [2.75, 3.05) is 23.3 Å². The van der Waals surface area contributed by atoms with Crippen molar-refractivity contribution < 1.29 is 9.72 Å². The molecule has 0 atom stereocenters. The van der Waals surface area contributed by atoms with E-state index in [1.54, 1.807) is 12.1 Å². The van der Waals surface area contributed by atoms with E-state index in [-0.39, 0.29) is 17.2 Å². The van der Waals surface area contributed by atoms with Gasteiger partial charge in [0.15, 0.2) is 0 Å². The highest BCUT2D eigenvalue weighted by Gasteiger charge is 2.24. The van der Waals surface area contributed by atoms with Crippen molar-refractivity contribution in [3.05, 3.63) is 51.5 Å². The third-order valence-electron chi connectivity index (χ3n) is 5.19. The van der Waals surface area contributed by atoms with Gasteiger partial charge in [-0.25, -0.2) is 9.97 Å². The van der Waals surface area contributed by atoms with Gasteiger partial charge in [0.25, 0.3) is 11.6 Å². The molecule has 3 rings (SSSR count). The smallest absolute Gasteiger partial charge is 0.270 e. The fourth-order valence-electron chi connectivity index (χ4n) is 3.44. The van der Waals surface area contributed by atoms with Gasteiger partial charge >= 0.3 is 0 Å². The Hall–Kier alpha value is -3.03. The Morgan fingerprint density at radius 2 is 1.93 bits per heavy atom. The molecule has 1 aromatic carbocycles. The second-order valence-electron chi connectivity index (χ2n) is 7.99. The molecule has 0 bridgehead atoms. The van der Waals surface area contributed by atoms with Crippen LogP contribution in [0.15, 0.2) is 24.3 Å². The van der Waals surface area contributed by atoms with Crippen LogP contribution in [0.3, 0.4) is 0 Å². The van der Waals surface area contributed by atoms with Crippen molar-refractivity contribution in [1.29, 1.82) is 0 Å². The molecule has 1 aliphatic rings. The number of benzene rings is 1. The third-order valence-corrected chi connectivity index (χ3v) is 5.19. The van der Waals surface area contributed by atoms with E-state index < -0.39 is 10.8 Å². The monoisotopic (exact) mass is 397 g/mol. The molecule has 2 aromatic rings. The van der Waals surface area contributed by atoms with Crippen LogP contribution in [-0.2, 0) is 0 Å². The van der Waals surface area contributed by atoms with Crippen LogP contribution in [0.2, 0.25) is 0 Å². The van der Waals surface area contributed by atoms with E-state index in [0.29, 0.717) is 17.6 Å². The number of hydrogen-bond donors (Lipinski definition) is 1. The quantitative estimate of drug-likeness (QED) is 0.596. The van der Waals surface area contributed by atoms with Crippen LogP contribution in [0.5, 0.6) is 0 Å². The van der Waals surface area contributed by atoms with Crippen molar-refractivity contribution >= 4 is 23.1 Å². The Balaban J connectivity index is 1.94. The molecule has 1 aromatic heterocycles. The molecule has 1 N–H and O–H groups in total.